The van der Waals surface area contributed by atoms with Gasteiger partial charge in [0.1, 0.15) is 5.75 Å². The number of rotatable bonds is 8. The highest BCUT2D eigenvalue weighted by Gasteiger charge is 2.24. The summed E-state index contributed by atoms with van der Waals surface area (Å²) in [5.41, 5.74) is 7.34. The largest absolute Gasteiger partial charge is 0.493 e. The van der Waals surface area contributed by atoms with Gasteiger partial charge in [-0.05, 0) is 53.9 Å². The quantitative estimate of drug-likeness (QED) is 0.630. The number of benzene rings is 2. The first-order chi connectivity index (χ1) is 14.9. The van der Waals surface area contributed by atoms with Crippen molar-refractivity contribution in [1.29, 1.82) is 0 Å². The fourth-order valence-corrected chi connectivity index (χ4v) is 3.24. The molecule has 2 aromatic carbocycles. The molecule has 0 atom stereocenters. The highest BCUT2D eigenvalue weighted by atomic mass is 16.5. The Morgan fingerprint density at radius 3 is 2.23 bits per heavy atom. The third-order valence-corrected chi connectivity index (χ3v) is 4.87. The van der Waals surface area contributed by atoms with Crippen LogP contribution in [0.25, 0.3) is 0 Å². The van der Waals surface area contributed by atoms with Crippen LogP contribution in [0.3, 0.4) is 0 Å². The van der Waals surface area contributed by atoms with E-state index in [0.717, 1.165) is 11.1 Å². The maximum absolute atomic E-state index is 12.6. The molecule has 0 saturated heterocycles. The van der Waals surface area contributed by atoms with Crippen molar-refractivity contribution in [2.45, 2.75) is 13.0 Å². The van der Waals surface area contributed by atoms with Crippen LogP contribution in [0, 0.1) is 0 Å². The van der Waals surface area contributed by atoms with Crippen molar-refractivity contribution in [3.63, 3.8) is 0 Å². The number of nitrogens with zero attached hydrogens (tertiary/aromatic N) is 1. The minimum Gasteiger partial charge on any atom is -0.493 e. The van der Waals surface area contributed by atoms with Gasteiger partial charge in [0, 0.05) is 13.1 Å². The molecule has 2 amide bonds. The van der Waals surface area contributed by atoms with Crippen molar-refractivity contribution in [3.05, 3.63) is 53.1 Å². The first-order valence-corrected chi connectivity index (χ1v) is 9.61. The zero-order chi connectivity index (χ0) is 22.4. The minimum atomic E-state index is -0.626. The monoisotopic (exact) mass is 428 g/mol. The summed E-state index contributed by atoms with van der Waals surface area (Å²) in [6.07, 6.45) is 0.669. The van der Waals surface area contributed by atoms with E-state index in [2.05, 4.69) is 0 Å². The highest BCUT2D eigenvalue weighted by molar-refractivity contribution is 5.91. The lowest BCUT2D eigenvalue weighted by atomic mass is 9.99. The van der Waals surface area contributed by atoms with Crippen LogP contribution in [-0.2, 0) is 27.3 Å². The zero-order valence-corrected chi connectivity index (χ0v) is 17.4. The highest BCUT2D eigenvalue weighted by Crippen LogP contribution is 2.33. The molecule has 3 rings (SSSR count). The predicted octanol–water partition coefficient (Wildman–Crippen LogP) is 1.31. The standard InChI is InChI=1S/C22H24N2O7/c1-28-18-9-15-7-8-24(11-16(15)10-19(18)29-2)21(26)13-31-22(27)14-3-5-17(6-4-14)30-12-20(23)25/h3-6,9-10H,7-8,11-13H2,1-2H3,(H2,23,25). The minimum absolute atomic E-state index is 0.254. The molecule has 0 aromatic heterocycles. The predicted molar refractivity (Wildman–Crippen MR) is 110 cm³/mol. The van der Waals surface area contributed by atoms with Crippen LogP contribution in [0.4, 0.5) is 0 Å². The SMILES string of the molecule is COc1cc2c(cc1OC)CN(C(=O)COC(=O)c1ccc(OCC(N)=O)cc1)CC2. The molecule has 9 nitrogen and oxygen atoms in total. The molecule has 9 heteroatoms. The third kappa shape index (κ3) is 5.44. The van der Waals surface area contributed by atoms with E-state index >= 15 is 0 Å². The lowest BCUT2D eigenvalue weighted by Gasteiger charge is -2.29. The summed E-state index contributed by atoms with van der Waals surface area (Å²) in [6.45, 7) is 0.306. The Kier molecular flexibility index (Phi) is 6.96. The van der Waals surface area contributed by atoms with E-state index < -0.39 is 11.9 Å². The molecule has 0 radical (unpaired) electrons. The second-order valence-corrected chi connectivity index (χ2v) is 6.90. The Bertz CT molecular complexity index is 973. The number of primary amides is 1. The van der Waals surface area contributed by atoms with E-state index in [1.54, 1.807) is 19.1 Å². The Morgan fingerprint density at radius 2 is 1.61 bits per heavy atom. The zero-order valence-electron chi connectivity index (χ0n) is 17.4. The van der Waals surface area contributed by atoms with Gasteiger partial charge in [0.15, 0.2) is 24.7 Å². The molecule has 1 aliphatic rings. The van der Waals surface area contributed by atoms with Crippen LogP contribution in [-0.4, -0.2) is 56.7 Å². The summed E-state index contributed by atoms with van der Waals surface area (Å²) in [5, 5.41) is 0. The summed E-state index contributed by atoms with van der Waals surface area (Å²) in [4.78, 5) is 37.1. The van der Waals surface area contributed by atoms with Crippen molar-refractivity contribution < 1.29 is 33.3 Å². The first-order valence-electron chi connectivity index (χ1n) is 9.61. The molecule has 1 aliphatic heterocycles. The number of carbonyl (C=O) groups excluding carboxylic acids is 3. The number of esters is 1. The van der Waals surface area contributed by atoms with Crippen molar-refractivity contribution in [3.8, 4) is 17.2 Å². The Balaban J connectivity index is 1.55. The molecule has 31 heavy (non-hydrogen) atoms. The first kappa shape index (κ1) is 21.9. The van der Waals surface area contributed by atoms with Crippen molar-refractivity contribution in [2.75, 3.05) is 34.0 Å². The van der Waals surface area contributed by atoms with Gasteiger partial charge >= 0.3 is 5.97 Å². The van der Waals surface area contributed by atoms with Gasteiger partial charge in [0.25, 0.3) is 11.8 Å². The van der Waals surface area contributed by atoms with E-state index in [1.165, 1.54) is 24.3 Å². The number of fused-ring (bicyclic) bond motifs is 1. The maximum Gasteiger partial charge on any atom is 0.338 e. The number of ether oxygens (including phenoxy) is 4. The fourth-order valence-electron chi connectivity index (χ4n) is 3.24. The maximum atomic E-state index is 12.6. The second-order valence-electron chi connectivity index (χ2n) is 6.90. The lowest BCUT2D eigenvalue weighted by Crippen LogP contribution is -2.38. The summed E-state index contributed by atoms with van der Waals surface area (Å²) in [6, 6.07) is 9.79. The van der Waals surface area contributed by atoms with Crippen molar-refractivity contribution >= 4 is 17.8 Å². The molecule has 0 fully saturated rings. The molecule has 0 saturated carbocycles. The summed E-state index contributed by atoms with van der Waals surface area (Å²) in [5.74, 6) is 0.144. The molecule has 2 N–H and O–H groups in total. The normalized spacial score (nSPS) is 12.5. The average Bonchev–Trinajstić information content (AvgIpc) is 2.79. The van der Waals surface area contributed by atoms with Gasteiger partial charge < -0.3 is 29.6 Å². The van der Waals surface area contributed by atoms with Crippen LogP contribution in [0.5, 0.6) is 17.2 Å². The molecule has 0 bridgehead atoms. The average molecular weight is 428 g/mol. The van der Waals surface area contributed by atoms with E-state index in [-0.39, 0.29) is 24.7 Å². The number of amides is 2. The van der Waals surface area contributed by atoms with E-state index in [9.17, 15) is 14.4 Å². The van der Waals surface area contributed by atoms with E-state index in [0.29, 0.717) is 36.8 Å². The van der Waals surface area contributed by atoms with Gasteiger partial charge in [0.2, 0.25) is 0 Å². The summed E-state index contributed by atoms with van der Waals surface area (Å²) >= 11 is 0. The molecule has 1 heterocycles. The number of nitrogens with two attached hydrogens (primary N) is 1. The van der Waals surface area contributed by atoms with Crippen LogP contribution >= 0.6 is 0 Å². The number of hydrogen-bond acceptors (Lipinski definition) is 7. The lowest BCUT2D eigenvalue weighted by molar-refractivity contribution is -0.135. The van der Waals surface area contributed by atoms with Gasteiger partial charge in [-0.2, -0.15) is 0 Å². The fraction of sp³-hybridized carbons (Fsp3) is 0.318. The van der Waals surface area contributed by atoms with Crippen molar-refractivity contribution in [2.24, 2.45) is 5.73 Å². The second kappa shape index (κ2) is 9.84. The Labute approximate surface area is 179 Å². The van der Waals surface area contributed by atoms with Gasteiger partial charge in [-0.3, -0.25) is 9.59 Å². The smallest absolute Gasteiger partial charge is 0.338 e. The number of methoxy groups -OCH3 is 2. The molecule has 2 aromatic rings. The molecule has 0 aliphatic carbocycles. The van der Waals surface area contributed by atoms with Gasteiger partial charge in [-0.1, -0.05) is 0 Å². The third-order valence-electron chi connectivity index (χ3n) is 4.87. The van der Waals surface area contributed by atoms with Crippen LogP contribution in [0.2, 0.25) is 0 Å². The van der Waals surface area contributed by atoms with E-state index in [4.69, 9.17) is 24.7 Å². The number of hydrogen-bond donors (Lipinski definition) is 1. The molecule has 0 spiro atoms. The van der Waals surface area contributed by atoms with E-state index in [1.807, 2.05) is 12.1 Å². The Hall–Kier alpha value is -3.75. The molecule has 0 unspecified atom stereocenters. The van der Waals surface area contributed by atoms with Crippen LogP contribution < -0.4 is 19.9 Å². The van der Waals surface area contributed by atoms with Gasteiger partial charge in [-0.15, -0.1) is 0 Å². The molecular weight excluding hydrogens is 404 g/mol. The topological polar surface area (TPSA) is 117 Å². The van der Waals surface area contributed by atoms with Gasteiger partial charge in [0.05, 0.1) is 19.8 Å². The number of carbonyl (C=O) groups is 3. The molecule has 164 valence electrons. The van der Waals surface area contributed by atoms with Crippen LogP contribution in [0.1, 0.15) is 21.5 Å². The van der Waals surface area contributed by atoms with Crippen molar-refractivity contribution in [1.82, 2.24) is 4.90 Å². The molecular formula is C22H24N2O7. The summed E-state index contributed by atoms with van der Waals surface area (Å²) in [7, 11) is 3.14. The van der Waals surface area contributed by atoms with Gasteiger partial charge in [-0.25, -0.2) is 4.79 Å². The van der Waals surface area contributed by atoms with Crippen LogP contribution in [0.15, 0.2) is 36.4 Å². The summed E-state index contributed by atoms with van der Waals surface area (Å²) < 4.78 is 21.0. The Morgan fingerprint density at radius 1 is 0.968 bits per heavy atom.